The summed E-state index contributed by atoms with van der Waals surface area (Å²) in [5, 5.41) is 0.0827. The van der Waals surface area contributed by atoms with E-state index in [1.807, 2.05) is 0 Å². The molecule has 0 atom stereocenters. The van der Waals surface area contributed by atoms with Crippen molar-refractivity contribution in [3.8, 4) is 0 Å². The monoisotopic (exact) mass is 344 g/mol. The van der Waals surface area contributed by atoms with Crippen molar-refractivity contribution in [1.29, 1.82) is 0 Å². The molecule has 2 rings (SSSR count). The summed E-state index contributed by atoms with van der Waals surface area (Å²) in [7, 11) is -2.24. The van der Waals surface area contributed by atoms with Gasteiger partial charge in [0.2, 0.25) is 10.0 Å². The van der Waals surface area contributed by atoms with Crippen LogP contribution in [0.1, 0.15) is 11.1 Å². The minimum atomic E-state index is -3.71. The summed E-state index contributed by atoms with van der Waals surface area (Å²) in [6, 6.07) is 6.08. The van der Waals surface area contributed by atoms with Gasteiger partial charge in [0.15, 0.2) is 0 Å². The fourth-order valence-electron chi connectivity index (χ4n) is 1.76. The first kappa shape index (κ1) is 16.0. The quantitative estimate of drug-likeness (QED) is 0.843. The van der Waals surface area contributed by atoms with Crippen LogP contribution < -0.4 is 5.73 Å². The largest absolute Gasteiger partial charge is 0.472 e. The van der Waals surface area contributed by atoms with Crippen LogP contribution in [-0.2, 0) is 16.6 Å². The van der Waals surface area contributed by atoms with Crippen LogP contribution in [0.25, 0.3) is 0 Å². The van der Waals surface area contributed by atoms with Crippen LogP contribution in [-0.4, -0.2) is 24.8 Å². The summed E-state index contributed by atoms with van der Waals surface area (Å²) in [5.74, 6) is 0. The van der Waals surface area contributed by atoms with Gasteiger partial charge in [-0.2, -0.15) is 4.31 Å². The van der Waals surface area contributed by atoms with Crippen LogP contribution in [0, 0.1) is 0 Å². The van der Waals surface area contributed by atoms with Crippen molar-refractivity contribution in [3.63, 3.8) is 0 Å². The zero-order valence-corrected chi connectivity index (χ0v) is 13.5. The molecule has 0 unspecified atom stereocenters. The Balaban J connectivity index is 2.33. The van der Waals surface area contributed by atoms with Gasteiger partial charge in [-0.15, -0.1) is 0 Å². The lowest BCUT2D eigenvalue weighted by molar-refractivity contribution is 0.463. The Morgan fingerprint density at radius 2 is 2.14 bits per heavy atom. The fraction of sp³-hybridized carbons (Fsp3) is 0.154. The average Bonchev–Trinajstić information content (AvgIpc) is 2.90. The van der Waals surface area contributed by atoms with Gasteiger partial charge in [-0.05, 0) is 18.2 Å². The van der Waals surface area contributed by atoms with Crippen LogP contribution in [0.2, 0.25) is 5.02 Å². The van der Waals surface area contributed by atoms with E-state index in [4.69, 9.17) is 34.0 Å². The maximum absolute atomic E-state index is 12.5. The van der Waals surface area contributed by atoms with Crippen LogP contribution in [0.15, 0.2) is 46.1 Å². The van der Waals surface area contributed by atoms with E-state index in [2.05, 4.69) is 0 Å². The Bertz CT molecular complexity index is 758. The molecule has 1 heterocycles. The third-order valence-corrected chi connectivity index (χ3v) is 5.41. The molecule has 1 aromatic carbocycles. The van der Waals surface area contributed by atoms with E-state index in [0.717, 1.165) is 5.56 Å². The van der Waals surface area contributed by atoms with Gasteiger partial charge >= 0.3 is 0 Å². The molecule has 0 saturated heterocycles. The summed E-state index contributed by atoms with van der Waals surface area (Å²) in [4.78, 5) is 0.169. The summed E-state index contributed by atoms with van der Waals surface area (Å²) in [6.07, 6.45) is 2.98. The Kier molecular flexibility index (Phi) is 4.67. The smallest absolute Gasteiger partial charge is 0.244 e. The number of halogens is 1. The topological polar surface area (TPSA) is 76.5 Å². The number of benzene rings is 1. The van der Waals surface area contributed by atoms with E-state index in [1.54, 1.807) is 6.07 Å². The maximum Gasteiger partial charge on any atom is 0.244 e. The molecule has 0 aliphatic carbocycles. The molecule has 0 aliphatic rings. The molecule has 2 N–H and O–H groups in total. The highest BCUT2D eigenvalue weighted by Gasteiger charge is 2.24. The Morgan fingerprint density at radius 1 is 1.43 bits per heavy atom. The van der Waals surface area contributed by atoms with Crippen LogP contribution >= 0.6 is 23.8 Å². The van der Waals surface area contributed by atoms with E-state index < -0.39 is 10.0 Å². The first-order chi connectivity index (χ1) is 9.82. The summed E-state index contributed by atoms with van der Waals surface area (Å²) in [6.45, 7) is 0.187. The molecule has 0 amide bonds. The lowest BCUT2D eigenvalue weighted by atomic mass is 10.2. The predicted molar refractivity (Wildman–Crippen MR) is 84.7 cm³/mol. The van der Waals surface area contributed by atoms with Gasteiger partial charge in [-0.3, -0.25) is 0 Å². The molecule has 5 nitrogen and oxygen atoms in total. The molecule has 112 valence electrons. The molecule has 0 spiro atoms. The zero-order valence-electron chi connectivity index (χ0n) is 11.1. The molecule has 2 aromatic rings. The van der Waals surface area contributed by atoms with E-state index >= 15 is 0 Å². The highest BCUT2D eigenvalue weighted by molar-refractivity contribution is 7.89. The van der Waals surface area contributed by atoms with E-state index in [-0.39, 0.29) is 21.5 Å². The fourth-order valence-corrected chi connectivity index (χ4v) is 3.56. The SMILES string of the molecule is CN(Cc1ccoc1)S(=O)(=O)c1ccc(C(N)=S)cc1Cl. The van der Waals surface area contributed by atoms with Gasteiger partial charge in [0.05, 0.1) is 17.5 Å². The van der Waals surface area contributed by atoms with Gasteiger partial charge in [-0.1, -0.05) is 29.9 Å². The molecule has 0 radical (unpaired) electrons. The van der Waals surface area contributed by atoms with Crippen molar-refractivity contribution in [1.82, 2.24) is 4.31 Å². The van der Waals surface area contributed by atoms with E-state index in [0.29, 0.717) is 5.56 Å². The molecule has 0 bridgehead atoms. The van der Waals surface area contributed by atoms with Crippen molar-refractivity contribution in [3.05, 3.63) is 52.9 Å². The highest BCUT2D eigenvalue weighted by atomic mass is 35.5. The average molecular weight is 345 g/mol. The Labute approximate surface area is 133 Å². The molecular weight excluding hydrogens is 332 g/mol. The number of nitrogens with zero attached hydrogens (tertiary/aromatic N) is 1. The molecule has 8 heteroatoms. The number of thiocarbonyl (C=S) groups is 1. The van der Waals surface area contributed by atoms with Gasteiger partial charge in [-0.25, -0.2) is 8.42 Å². The highest BCUT2D eigenvalue weighted by Crippen LogP contribution is 2.26. The second kappa shape index (κ2) is 6.15. The second-order valence-corrected chi connectivity index (χ2v) is 7.26. The zero-order chi connectivity index (χ0) is 15.6. The van der Waals surface area contributed by atoms with Gasteiger partial charge < -0.3 is 10.2 Å². The third kappa shape index (κ3) is 3.44. The van der Waals surface area contributed by atoms with Crippen LogP contribution in [0.3, 0.4) is 0 Å². The van der Waals surface area contributed by atoms with E-state index in [9.17, 15) is 8.42 Å². The van der Waals surface area contributed by atoms with E-state index in [1.165, 1.54) is 42.1 Å². The number of sulfonamides is 1. The summed E-state index contributed by atoms with van der Waals surface area (Å²) < 4.78 is 31.1. The van der Waals surface area contributed by atoms with Crippen molar-refractivity contribution < 1.29 is 12.8 Å². The van der Waals surface area contributed by atoms with Crippen molar-refractivity contribution in [2.24, 2.45) is 5.73 Å². The van der Waals surface area contributed by atoms with Crippen molar-refractivity contribution in [2.75, 3.05) is 7.05 Å². The maximum atomic E-state index is 12.5. The van der Waals surface area contributed by atoms with Gasteiger partial charge in [0.1, 0.15) is 9.88 Å². The standard InChI is InChI=1S/C13H13ClN2O3S2/c1-16(7-9-4-5-19-8-9)21(17,18)12-3-2-10(13(15)20)6-11(12)14/h2-6,8H,7H2,1H3,(H2,15,20). The second-order valence-electron chi connectivity index (χ2n) is 4.40. The number of nitrogens with two attached hydrogens (primary N) is 1. The molecule has 0 aliphatic heterocycles. The minimum Gasteiger partial charge on any atom is -0.472 e. The first-order valence-corrected chi connectivity index (χ1v) is 8.12. The van der Waals surface area contributed by atoms with Crippen molar-refractivity contribution in [2.45, 2.75) is 11.4 Å². The summed E-state index contributed by atoms with van der Waals surface area (Å²) in [5.41, 5.74) is 6.76. The molecule has 21 heavy (non-hydrogen) atoms. The third-order valence-electron chi connectivity index (χ3n) is 2.89. The lowest BCUT2D eigenvalue weighted by Crippen LogP contribution is -2.26. The van der Waals surface area contributed by atoms with Crippen molar-refractivity contribution >= 4 is 38.8 Å². The van der Waals surface area contributed by atoms with Gasteiger partial charge in [0, 0.05) is 24.7 Å². The van der Waals surface area contributed by atoms with Gasteiger partial charge in [0.25, 0.3) is 0 Å². The lowest BCUT2D eigenvalue weighted by Gasteiger charge is -2.17. The van der Waals surface area contributed by atoms with Crippen LogP contribution in [0.5, 0.6) is 0 Å². The molecular formula is C13H13ClN2O3S2. The number of hydrogen-bond acceptors (Lipinski definition) is 4. The minimum absolute atomic E-state index is 0.00941. The Morgan fingerprint density at radius 3 is 2.67 bits per heavy atom. The number of furan rings is 1. The predicted octanol–water partition coefficient (Wildman–Crippen LogP) is 2.39. The molecule has 0 saturated carbocycles. The number of hydrogen-bond donors (Lipinski definition) is 1. The summed E-state index contributed by atoms with van der Waals surface area (Å²) >= 11 is 10.9. The Hall–Kier alpha value is -1.41. The molecule has 0 fully saturated rings. The molecule has 1 aromatic heterocycles. The van der Waals surface area contributed by atoms with Crippen LogP contribution in [0.4, 0.5) is 0 Å². The normalized spacial score (nSPS) is 11.8. The number of rotatable bonds is 5. The first-order valence-electron chi connectivity index (χ1n) is 5.89.